The summed E-state index contributed by atoms with van der Waals surface area (Å²) in [5, 5.41) is 4.27. The van der Waals surface area contributed by atoms with Gasteiger partial charge in [0.05, 0.1) is 12.2 Å². The molecule has 0 unspecified atom stereocenters. The molecule has 1 amide bonds. The lowest BCUT2D eigenvalue weighted by Gasteiger charge is -2.31. The van der Waals surface area contributed by atoms with E-state index in [-0.39, 0.29) is 11.9 Å². The summed E-state index contributed by atoms with van der Waals surface area (Å²) in [6, 6.07) is 8.40. The summed E-state index contributed by atoms with van der Waals surface area (Å²) in [4.78, 5) is 17.4. The van der Waals surface area contributed by atoms with Crippen LogP contribution in [0.3, 0.4) is 0 Å². The Hall–Kier alpha value is -2.14. The number of aryl methyl sites for hydroxylation is 2. The summed E-state index contributed by atoms with van der Waals surface area (Å²) in [7, 11) is 6.13. The van der Waals surface area contributed by atoms with Crippen molar-refractivity contribution in [1.82, 2.24) is 19.6 Å². The predicted molar refractivity (Wildman–Crippen MR) is 95.0 cm³/mol. The highest BCUT2D eigenvalue weighted by atomic mass is 16.2. The van der Waals surface area contributed by atoms with Crippen LogP contribution in [0.1, 0.15) is 27.9 Å². The zero-order valence-electron chi connectivity index (χ0n) is 14.9. The molecule has 0 radical (unpaired) electrons. The van der Waals surface area contributed by atoms with Crippen LogP contribution in [0.15, 0.2) is 36.7 Å². The number of aromatic nitrogens is 2. The Morgan fingerprint density at radius 1 is 1.33 bits per heavy atom. The molecular formula is C19H26N4O. The Morgan fingerprint density at radius 3 is 2.71 bits per heavy atom. The maximum absolute atomic E-state index is 13.1. The lowest BCUT2D eigenvalue weighted by Crippen LogP contribution is -2.45. The van der Waals surface area contributed by atoms with Gasteiger partial charge in [0, 0.05) is 31.4 Å². The second-order valence-corrected chi connectivity index (χ2v) is 6.93. The van der Waals surface area contributed by atoms with Gasteiger partial charge in [-0.3, -0.25) is 9.48 Å². The number of benzene rings is 1. The summed E-state index contributed by atoms with van der Waals surface area (Å²) in [5.74, 6) is 0.145. The van der Waals surface area contributed by atoms with Crippen molar-refractivity contribution in [2.45, 2.75) is 31.8 Å². The molecular weight excluding hydrogens is 300 g/mol. The Morgan fingerprint density at radius 2 is 2.08 bits per heavy atom. The predicted octanol–water partition coefficient (Wildman–Crippen LogP) is 2.12. The van der Waals surface area contributed by atoms with Crippen molar-refractivity contribution in [3.63, 3.8) is 0 Å². The summed E-state index contributed by atoms with van der Waals surface area (Å²) < 4.78 is 1.82. The van der Waals surface area contributed by atoms with Crippen LogP contribution in [0, 0.1) is 6.92 Å². The second kappa shape index (κ2) is 6.77. The van der Waals surface area contributed by atoms with Crippen LogP contribution in [-0.4, -0.2) is 58.2 Å². The van der Waals surface area contributed by atoms with Gasteiger partial charge in [0.2, 0.25) is 0 Å². The maximum atomic E-state index is 13.1. The van der Waals surface area contributed by atoms with Crippen molar-refractivity contribution >= 4 is 5.91 Å². The first-order valence-electron chi connectivity index (χ1n) is 8.48. The maximum Gasteiger partial charge on any atom is 0.254 e. The van der Waals surface area contributed by atoms with Gasteiger partial charge < -0.3 is 9.80 Å². The molecule has 1 aliphatic heterocycles. The van der Waals surface area contributed by atoms with E-state index in [9.17, 15) is 4.79 Å². The van der Waals surface area contributed by atoms with E-state index in [0.29, 0.717) is 6.04 Å². The van der Waals surface area contributed by atoms with Gasteiger partial charge in [-0.2, -0.15) is 5.10 Å². The molecule has 1 fully saturated rings. The van der Waals surface area contributed by atoms with E-state index >= 15 is 0 Å². The number of hydrogen-bond acceptors (Lipinski definition) is 3. The molecule has 1 saturated heterocycles. The minimum Gasteiger partial charge on any atom is -0.334 e. The number of carbonyl (C=O) groups is 1. The van der Waals surface area contributed by atoms with Crippen LogP contribution in [-0.2, 0) is 13.5 Å². The topological polar surface area (TPSA) is 41.4 Å². The minimum absolute atomic E-state index is 0.145. The zero-order valence-corrected chi connectivity index (χ0v) is 14.9. The SMILES string of the molecule is Cc1ccccc1C(=O)N1CC[C@@H](N(C)C)[C@@H]1Cc1cnn(C)c1. The van der Waals surface area contributed by atoms with E-state index in [4.69, 9.17) is 0 Å². The van der Waals surface area contributed by atoms with Crippen LogP contribution in [0.2, 0.25) is 0 Å². The van der Waals surface area contributed by atoms with E-state index in [1.54, 1.807) is 0 Å². The van der Waals surface area contributed by atoms with Crippen molar-refractivity contribution in [3.05, 3.63) is 53.3 Å². The van der Waals surface area contributed by atoms with Crippen molar-refractivity contribution in [2.24, 2.45) is 7.05 Å². The van der Waals surface area contributed by atoms with E-state index in [2.05, 4.69) is 29.0 Å². The number of carbonyl (C=O) groups excluding carboxylic acids is 1. The average Bonchev–Trinajstić information content (AvgIpc) is 3.14. The van der Waals surface area contributed by atoms with Crippen LogP contribution in [0.25, 0.3) is 0 Å². The van der Waals surface area contributed by atoms with Gasteiger partial charge in [-0.15, -0.1) is 0 Å². The first kappa shape index (κ1) is 16.7. The van der Waals surface area contributed by atoms with Crippen LogP contribution < -0.4 is 0 Å². The fraction of sp³-hybridized carbons (Fsp3) is 0.474. The Labute approximate surface area is 143 Å². The molecule has 128 valence electrons. The largest absolute Gasteiger partial charge is 0.334 e. The first-order valence-corrected chi connectivity index (χ1v) is 8.48. The van der Waals surface area contributed by atoms with E-state index in [0.717, 1.165) is 30.5 Å². The molecule has 0 saturated carbocycles. The van der Waals surface area contributed by atoms with Crippen LogP contribution in [0.4, 0.5) is 0 Å². The monoisotopic (exact) mass is 326 g/mol. The van der Waals surface area contributed by atoms with Crippen molar-refractivity contribution in [3.8, 4) is 0 Å². The lowest BCUT2D eigenvalue weighted by atomic mass is 10.0. The van der Waals surface area contributed by atoms with Gasteiger partial charge in [-0.25, -0.2) is 0 Å². The molecule has 1 aromatic carbocycles. The summed E-state index contributed by atoms with van der Waals surface area (Å²) in [5.41, 5.74) is 3.03. The number of nitrogens with zero attached hydrogens (tertiary/aromatic N) is 4. The van der Waals surface area contributed by atoms with Crippen LogP contribution in [0.5, 0.6) is 0 Å². The number of likely N-dealkylation sites (tertiary alicyclic amines) is 1. The third-order valence-corrected chi connectivity index (χ3v) is 5.01. The number of hydrogen-bond donors (Lipinski definition) is 0. The molecule has 2 atom stereocenters. The second-order valence-electron chi connectivity index (χ2n) is 6.93. The zero-order chi connectivity index (χ0) is 17.3. The molecule has 1 aromatic heterocycles. The quantitative estimate of drug-likeness (QED) is 0.864. The van der Waals surface area contributed by atoms with Gasteiger partial charge in [0.15, 0.2) is 0 Å². The van der Waals surface area contributed by atoms with Gasteiger partial charge in [0.1, 0.15) is 0 Å². The van der Waals surface area contributed by atoms with E-state index in [1.165, 1.54) is 5.56 Å². The highest BCUT2D eigenvalue weighted by Crippen LogP contribution is 2.27. The number of amides is 1. The Balaban J connectivity index is 1.87. The Kier molecular flexibility index (Phi) is 4.71. The summed E-state index contributed by atoms with van der Waals surface area (Å²) in [6.07, 6.45) is 5.80. The third-order valence-electron chi connectivity index (χ3n) is 5.01. The smallest absolute Gasteiger partial charge is 0.254 e. The molecule has 5 nitrogen and oxygen atoms in total. The molecule has 3 rings (SSSR count). The molecule has 2 heterocycles. The lowest BCUT2D eigenvalue weighted by molar-refractivity contribution is 0.0704. The summed E-state index contributed by atoms with van der Waals surface area (Å²) >= 11 is 0. The molecule has 5 heteroatoms. The highest BCUT2D eigenvalue weighted by Gasteiger charge is 2.38. The van der Waals surface area contributed by atoms with Gasteiger partial charge in [-0.05, 0) is 51.1 Å². The van der Waals surface area contributed by atoms with Gasteiger partial charge in [0.25, 0.3) is 5.91 Å². The van der Waals surface area contributed by atoms with Crippen molar-refractivity contribution in [1.29, 1.82) is 0 Å². The molecule has 0 aliphatic carbocycles. The normalized spacial score (nSPS) is 20.8. The van der Waals surface area contributed by atoms with Crippen LogP contribution >= 0.6 is 0 Å². The summed E-state index contributed by atoms with van der Waals surface area (Å²) in [6.45, 7) is 2.81. The highest BCUT2D eigenvalue weighted by molar-refractivity contribution is 5.96. The van der Waals surface area contributed by atoms with E-state index in [1.807, 2.05) is 55.3 Å². The molecule has 0 bridgehead atoms. The molecule has 0 spiro atoms. The fourth-order valence-corrected chi connectivity index (χ4v) is 3.72. The minimum atomic E-state index is 0.145. The first-order chi connectivity index (χ1) is 11.5. The number of likely N-dealkylation sites (N-methyl/N-ethyl adjacent to an activating group) is 1. The fourth-order valence-electron chi connectivity index (χ4n) is 3.72. The number of rotatable bonds is 4. The Bertz CT molecular complexity index is 722. The average molecular weight is 326 g/mol. The van der Waals surface area contributed by atoms with E-state index < -0.39 is 0 Å². The third kappa shape index (κ3) is 3.22. The van der Waals surface area contributed by atoms with Crippen molar-refractivity contribution in [2.75, 3.05) is 20.6 Å². The van der Waals surface area contributed by atoms with Gasteiger partial charge in [-0.1, -0.05) is 18.2 Å². The van der Waals surface area contributed by atoms with Gasteiger partial charge >= 0.3 is 0 Å². The standard InChI is InChI=1S/C19H26N4O/c1-14-7-5-6-8-16(14)19(24)23-10-9-17(21(2)3)18(23)11-15-12-20-22(4)13-15/h5-8,12-13,17-18H,9-11H2,1-4H3/t17-,18+/m1/s1. The molecule has 0 N–H and O–H groups in total. The van der Waals surface area contributed by atoms with Crippen molar-refractivity contribution < 1.29 is 4.79 Å². The molecule has 2 aromatic rings. The molecule has 24 heavy (non-hydrogen) atoms. The molecule has 1 aliphatic rings.